The maximum atomic E-state index is 12.1. The predicted molar refractivity (Wildman–Crippen MR) is 103 cm³/mol. The van der Waals surface area contributed by atoms with E-state index in [0.717, 1.165) is 24.0 Å². The highest BCUT2D eigenvalue weighted by molar-refractivity contribution is 5.97. The lowest BCUT2D eigenvalue weighted by molar-refractivity contribution is -0.142. The quantitative estimate of drug-likeness (QED) is 0.398. The van der Waals surface area contributed by atoms with Gasteiger partial charge in [-0.25, -0.2) is 0 Å². The van der Waals surface area contributed by atoms with Crippen LogP contribution in [0.2, 0.25) is 0 Å². The number of esters is 1. The van der Waals surface area contributed by atoms with E-state index in [1.54, 1.807) is 12.1 Å². The molecule has 27 heavy (non-hydrogen) atoms. The predicted octanol–water partition coefficient (Wildman–Crippen LogP) is 3.11. The Morgan fingerprint density at radius 2 is 1.56 bits per heavy atom. The summed E-state index contributed by atoms with van der Waals surface area (Å²) >= 11 is 0. The number of amides is 1. The molecule has 1 N–H and O–H groups in total. The monoisotopic (exact) mass is 367 g/mol. The minimum absolute atomic E-state index is 0.0331. The molecule has 2 rings (SSSR count). The van der Waals surface area contributed by atoms with Crippen LogP contribution in [0.3, 0.4) is 0 Å². The Morgan fingerprint density at radius 1 is 0.889 bits per heavy atom. The summed E-state index contributed by atoms with van der Waals surface area (Å²) in [6.07, 6.45) is 2.51. The van der Waals surface area contributed by atoms with Crippen LogP contribution in [0.5, 0.6) is 0 Å². The van der Waals surface area contributed by atoms with Crippen LogP contribution in [0.15, 0.2) is 54.6 Å². The first-order valence-electron chi connectivity index (χ1n) is 9.10. The zero-order valence-corrected chi connectivity index (χ0v) is 15.6. The largest absolute Gasteiger partial charge is 0.457 e. The molecule has 1 amide bonds. The number of benzene rings is 2. The lowest BCUT2D eigenvalue weighted by atomic mass is 10.1. The second-order valence-corrected chi connectivity index (χ2v) is 6.35. The van der Waals surface area contributed by atoms with Crippen molar-refractivity contribution in [1.82, 2.24) is 5.32 Å². The Morgan fingerprint density at radius 3 is 2.22 bits per heavy atom. The van der Waals surface area contributed by atoms with Crippen LogP contribution in [-0.4, -0.2) is 30.8 Å². The molecule has 0 spiro atoms. The van der Waals surface area contributed by atoms with Gasteiger partial charge >= 0.3 is 5.97 Å². The van der Waals surface area contributed by atoms with E-state index in [9.17, 15) is 14.4 Å². The number of ether oxygens (including phenoxy) is 1. The molecule has 5 heteroatoms. The maximum Gasteiger partial charge on any atom is 0.306 e. The van der Waals surface area contributed by atoms with E-state index < -0.39 is 0 Å². The van der Waals surface area contributed by atoms with Crippen LogP contribution in [-0.2, 0) is 27.2 Å². The molecule has 0 radical (unpaired) electrons. The Balaban J connectivity index is 1.70. The topological polar surface area (TPSA) is 72.5 Å². The third-order valence-corrected chi connectivity index (χ3v) is 4.12. The van der Waals surface area contributed by atoms with Gasteiger partial charge in [-0.15, -0.1) is 0 Å². The third-order valence-electron chi connectivity index (χ3n) is 4.12. The van der Waals surface area contributed by atoms with Gasteiger partial charge in [0.05, 0.1) is 0 Å². The van der Waals surface area contributed by atoms with Crippen LogP contribution >= 0.6 is 0 Å². The summed E-state index contributed by atoms with van der Waals surface area (Å²) in [4.78, 5) is 34.8. The molecule has 0 aliphatic rings. The first-order valence-corrected chi connectivity index (χ1v) is 9.10. The van der Waals surface area contributed by atoms with Gasteiger partial charge in [0.2, 0.25) is 5.91 Å². The van der Waals surface area contributed by atoms with Crippen LogP contribution in [0.25, 0.3) is 0 Å². The average Bonchev–Trinajstić information content (AvgIpc) is 2.69. The summed E-state index contributed by atoms with van der Waals surface area (Å²) in [5, 5.41) is 2.75. The van der Waals surface area contributed by atoms with Gasteiger partial charge in [-0.3, -0.25) is 14.4 Å². The van der Waals surface area contributed by atoms with Crippen molar-refractivity contribution < 1.29 is 19.1 Å². The van der Waals surface area contributed by atoms with Gasteiger partial charge in [0.15, 0.2) is 12.4 Å². The first-order chi connectivity index (χ1) is 13.0. The normalized spacial score (nSPS) is 10.3. The maximum absolute atomic E-state index is 12.1. The number of carbonyl (C=O) groups excluding carboxylic acids is 3. The molecule has 2 aromatic rings. The van der Waals surface area contributed by atoms with Crippen molar-refractivity contribution in [3.8, 4) is 0 Å². The molecule has 0 saturated heterocycles. The molecule has 0 aliphatic heterocycles. The highest BCUT2D eigenvalue weighted by Crippen LogP contribution is 2.08. The second kappa shape index (κ2) is 10.9. The highest BCUT2D eigenvalue weighted by atomic mass is 16.5. The van der Waals surface area contributed by atoms with Crippen LogP contribution < -0.4 is 5.32 Å². The molecular weight excluding hydrogens is 342 g/mol. The van der Waals surface area contributed by atoms with Gasteiger partial charge in [-0.2, -0.15) is 0 Å². The highest BCUT2D eigenvalue weighted by Gasteiger charge is 2.10. The molecular formula is C22H25NO4. The smallest absolute Gasteiger partial charge is 0.306 e. The molecule has 0 saturated carbocycles. The van der Waals surface area contributed by atoms with E-state index in [-0.39, 0.29) is 30.7 Å². The van der Waals surface area contributed by atoms with Crippen LogP contribution in [0.1, 0.15) is 41.3 Å². The van der Waals surface area contributed by atoms with Gasteiger partial charge in [0.1, 0.15) is 0 Å². The standard InChI is InChI=1S/C22H25NO4/c1-17(24)23-15-5-8-19-9-12-20(13-10-19)21(25)16-27-22(26)14-11-18-6-3-2-4-7-18/h2-4,6-7,9-10,12-13H,5,8,11,14-16H2,1H3,(H,23,24). The summed E-state index contributed by atoms with van der Waals surface area (Å²) in [5.41, 5.74) is 2.68. The summed E-state index contributed by atoms with van der Waals surface area (Å²) < 4.78 is 5.08. The van der Waals surface area contributed by atoms with E-state index in [1.165, 1.54) is 6.92 Å². The summed E-state index contributed by atoms with van der Waals surface area (Å²) in [7, 11) is 0. The minimum atomic E-state index is -0.373. The molecule has 0 unspecified atom stereocenters. The molecule has 0 heterocycles. The molecule has 0 fully saturated rings. The van der Waals surface area contributed by atoms with Gasteiger partial charge in [-0.1, -0.05) is 54.6 Å². The van der Waals surface area contributed by atoms with Crippen molar-refractivity contribution in [2.24, 2.45) is 0 Å². The van der Waals surface area contributed by atoms with Gasteiger partial charge in [0.25, 0.3) is 0 Å². The number of carbonyl (C=O) groups is 3. The number of ketones is 1. The first kappa shape index (κ1) is 20.4. The summed E-state index contributed by atoms with van der Waals surface area (Å²) in [6.45, 7) is 1.89. The molecule has 0 bridgehead atoms. The lowest BCUT2D eigenvalue weighted by Gasteiger charge is -2.06. The lowest BCUT2D eigenvalue weighted by Crippen LogP contribution is -2.21. The number of Topliss-reactive ketones (excluding diaryl/α,β-unsaturated/α-hetero) is 1. The fourth-order valence-corrected chi connectivity index (χ4v) is 2.61. The van der Waals surface area contributed by atoms with Crippen LogP contribution in [0, 0.1) is 0 Å². The molecule has 2 aromatic carbocycles. The molecule has 0 atom stereocenters. The van der Waals surface area contributed by atoms with E-state index in [2.05, 4.69) is 5.32 Å². The second-order valence-electron chi connectivity index (χ2n) is 6.35. The van der Waals surface area contributed by atoms with Gasteiger partial charge in [0, 0.05) is 25.5 Å². The van der Waals surface area contributed by atoms with Crippen LogP contribution in [0.4, 0.5) is 0 Å². The number of rotatable bonds is 10. The van der Waals surface area contributed by atoms with Crippen molar-refractivity contribution in [3.63, 3.8) is 0 Å². The van der Waals surface area contributed by atoms with Crippen molar-refractivity contribution in [2.75, 3.05) is 13.2 Å². The van der Waals surface area contributed by atoms with Crippen molar-refractivity contribution in [1.29, 1.82) is 0 Å². The zero-order valence-electron chi connectivity index (χ0n) is 15.6. The fourth-order valence-electron chi connectivity index (χ4n) is 2.61. The van der Waals surface area contributed by atoms with Crippen molar-refractivity contribution in [2.45, 2.75) is 32.6 Å². The number of hydrogen-bond donors (Lipinski definition) is 1. The molecule has 5 nitrogen and oxygen atoms in total. The Bertz CT molecular complexity index is 754. The zero-order chi connectivity index (χ0) is 19.5. The Labute approximate surface area is 159 Å². The number of aryl methyl sites for hydroxylation is 2. The van der Waals surface area contributed by atoms with Gasteiger partial charge in [-0.05, 0) is 30.4 Å². The number of nitrogens with one attached hydrogen (secondary N) is 1. The van der Waals surface area contributed by atoms with Crippen molar-refractivity contribution >= 4 is 17.7 Å². The summed E-state index contributed by atoms with van der Waals surface area (Å²) in [6, 6.07) is 16.9. The molecule has 0 aromatic heterocycles. The Kier molecular flexibility index (Phi) is 8.23. The van der Waals surface area contributed by atoms with E-state index in [4.69, 9.17) is 4.74 Å². The average molecular weight is 367 g/mol. The van der Waals surface area contributed by atoms with E-state index in [1.807, 2.05) is 42.5 Å². The summed E-state index contributed by atoms with van der Waals surface area (Å²) in [5.74, 6) is -0.621. The van der Waals surface area contributed by atoms with Crippen molar-refractivity contribution in [3.05, 3.63) is 71.3 Å². The van der Waals surface area contributed by atoms with E-state index in [0.29, 0.717) is 18.5 Å². The molecule has 142 valence electrons. The fraction of sp³-hybridized carbons (Fsp3) is 0.318. The SMILES string of the molecule is CC(=O)NCCCc1ccc(C(=O)COC(=O)CCc2ccccc2)cc1. The minimum Gasteiger partial charge on any atom is -0.457 e. The number of hydrogen-bond acceptors (Lipinski definition) is 4. The molecule has 0 aliphatic carbocycles. The van der Waals surface area contributed by atoms with Gasteiger partial charge < -0.3 is 10.1 Å². The van der Waals surface area contributed by atoms with E-state index >= 15 is 0 Å². The third kappa shape index (κ3) is 7.86. The Hall–Kier alpha value is -2.95.